The van der Waals surface area contributed by atoms with E-state index in [4.69, 9.17) is 4.74 Å². The van der Waals surface area contributed by atoms with E-state index in [2.05, 4.69) is 5.32 Å². The van der Waals surface area contributed by atoms with Crippen molar-refractivity contribution in [2.45, 2.75) is 6.92 Å². The molecule has 0 saturated heterocycles. The van der Waals surface area contributed by atoms with Crippen molar-refractivity contribution >= 4 is 29.5 Å². The maximum Gasteiger partial charge on any atom is 0.339 e. The van der Waals surface area contributed by atoms with Crippen molar-refractivity contribution in [2.75, 3.05) is 13.2 Å². The van der Waals surface area contributed by atoms with E-state index in [1.807, 2.05) is 5.32 Å². The predicted octanol–water partition coefficient (Wildman–Crippen LogP) is 1.46. The summed E-state index contributed by atoms with van der Waals surface area (Å²) >= 11 is 0. The van der Waals surface area contributed by atoms with Gasteiger partial charge in [0.05, 0.1) is 5.56 Å². The van der Waals surface area contributed by atoms with Crippen molar-refractivity contribution in [3.05, 3.63) is 70.3 Å². The van der Waals surface area contributed by atoms with Crippen molar-refractivity contribution in [3.8, 4) is 0 Å². The number of hydrogen-bond donors (Lipinski definition) is 2. The van der Waals surface area contributed by atoms with E-state index in [1.165, 1.54) is 24.3 Å². The van der Waals surface area contributed by atoms with Crippen LogP contribution >= 0.6 is 0 Å². The zero-order chi connectivity index (χ0) is 20.3. The average molecular weight is 380 g/mol. The molecule has 28 heavy (non-hydrogen) atoms. The SMILES string of the molecule is CCNC(=O)NC(=O)COC(=O)c1cccc2c1C(=O)c1ccccc1C2=O. The Morgan fingerprint density at radius 3 is 2.21 bits per heavy atom. The van der Waals surface area contributed by atoms with E-state index < -0.39 is 30.3 Å². The van der Waals surface area contributed by atoms with Gasteiger partial charge in [-0.2, -0.15) is 0 Å². The Kier molecular flexibility index (Phi) is 5.30. The monoisotopic (exact) mass is 380 g/mol. The van der Waals surface area contributed by atoms with Crippen LogP contribution in [0.4, 0.5) is 4.79 Å². The Hall–Kier alpha value is -3.81. The van der Waals surface area contributed by atoms with Crippen LogP contribution in [0.15, 0.2) is 42.5 Å². The number of fused-ring (bicyclic) bond motifs is 2. The summed E-state index contributed by atoms with van der Waals surface area (Å²) in [6.07, 6.45) is 0. The molecule has 0 saturated carbocycles. The highest BCUT2D eigenvalue weighted by molar-refractivity contribution is 6.30. The zero-order valence-corrected chi connectivity index (χ0v) is 14.9. The van der Waals surface area contributed by atoms with Crippen LogP contribution in [0.25, 0.3) is 0 Å². The molecule has 0 aliphatic heterocycles. The third-order valence-corrected chi connectivity index (χ3v) is 4.10. The van der Waals surface area contributed by atoms with Crippen LogP contribution in [-0.4, -0.2) is 42.6 Å². The number of benzene rings is 2. The van der Waals surface area contributed by atoms with Gasteiger partial charge >= 0.3 is 12.0 Å². The van der Waals surface area contributed by atoms with Gasteiger partial charge < -0.3 is 10.1 Å². The minimum atomic E-state index is -0.941. The second-order valence-electron chi connectivity index (χ2n) is 5.92. The van der Waals surface area contributed by atoms with Crippen molar-refractivity contribution in [2.24, 2.45) is 0 Å². The maximum absolute atomic E-state index is 12.8. The Bertz CT molecular complexity index is 1010. The summed E-state index contributed by atoms with van der Waals surface area (Å²) in [7, 11) is 0. The van der Waals surface area contributed by atoms with Gasteiger partial charge in [0, 0.05) is 28.8 Å². The molecule has 8 nitrogen and oxygen atoms in total. The Morgan fingerprint density at radius 1 is 0.893 bits per heavy atom. The molecule has 2 aromatic rings. The van der Waals surface area contributed by atoms with E-state index in [9.17, 15) is 24.0 Å². The Morgan fingerprint density at radius 2 is 1.54 bits per heavy atom. The molecule has 0 radical (unpaired) electrons. The number of ketones is 2. The lowest BCUT2D eigenvalue weighted by Gasteiger charge is -2.19. The number of hydrogen-bond acceptors (Lipinski definition) is 6. The van der Waals surface area contributed by atoms with Crippen LogP contribution in [0.2, 0.25) is 0 Å². The van der Waals surface area contributed by atoms with Crippen LogP contribution in [0.1, 0.15) is 49.1 Å². The first-order valence-corrected chi connectivity index (χ1v) is 8.50. The first kappa shape index (κ1) is 19.0. The number of urea groups is 1. The zero-order valence-electron chi connectivity index (χ0n) is 14.9. The van der Waals surface area contributed by atoms with Crippen LogP contribution in [-0.2, 0) is 9.53 Å². The van der Waals surface area contributed by atoms with E-state index in [1.54, 1.807) is 25.1 Å². The highest BCUT2D eigenvalue weighted by atomic mass is 16.5. The normalized spacial score (nSPS) is 11.9. The van der Waals surface area contributed by atoms with Gasteiger partial charge in [0.15, 0.2) is 18.2 Å². The number of carbonyl (C=O) groups excluding carboxylic acids is 5. The smallest absolute Gasteiger partial charge is 0.339 e. The topological polar surface area (TPSA) is 119 Å². The van der Waals surface area contributed by atoms with Gasteiger partial charge in [-0.05, 0) is 13.0 Å². The quantitative estimate of drug-likeness (QED) is 0.662. The lowest BCUT2D eigenvalue weighted by molar-refractivity contribution is -0.123. The first-order valence-electron chi connectivity index (χ1n) is 8.50. The van der Waals surface area contributed by atoms with Gasteiger partial charge in [0.2, 0.25) is 0 Å². The minimum Gasteiger partial charge on any atom is -0.452 e. The Labute approximate surface area is 159 Å². The van der Waals surface area contributed by atoms with Crippen LogP contribution in [0.5, 0.6) is 0 Å². The molecule has 3 rings (SSSR count). The molecule has 1 aliphatic rings. The van der Waals surface area contributed by atoms with Gasteiger partial charge in [-0.1, -0.05) is 36.4 Å². The number of ether oxygens (including phenoxy) is 1. The number of esters is 1. The molecule has 0 unspecified atom stereocenters. The fourth-order valence-corrected chi connectivity index (χ4v) is 2.89. The fourth-order valence-electron chi connectivity index (χ4n) is 2.89. The van der Waals surface area contributed by atoms with Gasteiger partial charge in [-0.25, -0.2) is 9.59 Å². The van der Waals surface area contributed by atoms with Crippen molar-refractivity contribution < 1.29 is 28.7 Å². The lowest BCUT2D eigenvalue weighted by atomic mass is 9.82. The summed E-state index contributed by atoms with van der Waals surface area (Å²) in [5.74, 6) is -2.60. The van der Waals surface area contributed by atoms with Gasteiger partial charge in [0.25, 0.3) is 5.91 Å². The highest BCUT2D eigenvalue weighted by Crippen LogP contribution is 2.29. The second-order valence-corrected chi connectivity index (χ2v) is 5.92. The van der Waals surface area contributed by atoms with Crippen molar-refractivity contribution in [1.82, 2.24) is 10.6 Å². The van der Waals surface area contributed by atoms with Crippen LogP contribution in [0.3, 0.4) is 0 Å². The molecule has 0 atom stereocenters. The average Bonchev–Trinajstić information content (AvgIpc) is 2.69. The number of carbonyl (C=O) groups is 5. The molecular formula is C20H16N2O6. The highest BCUT2D eigenvalue weighted by Gasteiger charge is 2.33. The number of amides is 3. The maximum atomic E-state index is 12.8. The minimum absolute atomic E-state index is 0.0552. The summed E-state index contributed by atoms with van der Waals surface area (Å²) < 4.78 is 4.91. The Balaban J connectivity index is 1.82. The van der Waals surface area contributed by atoms with Gasteiger partial charge in [0.1, 0.15) is 0 Å². The molecule has 0 fully saturated rings. The molecular weight excluding hydrogens is 364 g/mol. The van der Waals surface area contributed by atoms with E-state index in [0.29, 0.717) is 6.54 Å². The molecule has 0 spiro atoms. The number of imide groups is 1. The summed E-state index contributed by atoms with van der Waals surface area (Å²) in [6, 6.07) is 9.91. The summed E-state index contributed by atoms with van der Waals surface area (Å²) in [4.78, 5) is 60.9. The molecule has 3 amide bonds. The third-order valence-electron chi connectivity index (χ3n) is 4.10. The number of nitrogens with one attached hydrogen (secondary N) is 2. The molecule has 1 aliphatic carbocycles. The second kappa shape index (κ2) is 7.83. The van der Waals surface area contributed by atoms with Crippen LogP contribution < -0.4 is 10.6 Å². The van der Waals surface area contributed by atoms with E-state index in [-0.39, 0.29) is 33.6 Å². The molecule has 0 aromatic heterocycles. The predicted molar refractivity (Wildman–Crippen MR) is 97.2 cm³/mol. The van der Waals surface area contributed by atoms with Crippen molar-refractivity contribution in [1.29, 1.82) is 0 Å². The van der Waals surface area contributed by atoms with Gasteiger partial charge in [-0.3, -0.25) is 19.7 Å². The van der Waals surface area contributed by atoms with E-state index in [0.717, 1.165) is 0 Å². The number of rotatable bonds is 4. The first-order chi connectivity index (χ1) is 13.4. The molecule has 142 valence electrons. The third kappa shape index (κ3) is 3.52. The molecule has 2 aromatic carbocycles. The summed E-state index contributed by atoms with van der Waals surface area (Å²) in [5.41, 5.74) is 0.405. The van der Waals surface area contributed by atoms with Gasteiger partial charge in [-0.15, -0.1) is 0 Å². The van der Waals surface area contributed by atoms with Crippen LogP contribution in [0, 0.1) is 0 Å². The van der Waals surface area contributed by atoms with E-state index >= 15 is 0 Å². The standard InChI is InChI=1S/C20H16N2O6/c1-2-21-20(27)22-15(23)10-28-19(26)14-9-5-8-13-16(14)18(25)12-7-4-3-6-11(12)17(13)24/h3-9H,2,10H2,1H3,(H2,21,22,23,27). The molecule has 0 bridgehead atoms. The molecule has 8 heteroatoms. The molecule has 2 N–H and O–H groups in total. The fraction of sp³-hybridized carbons (Fsp3) is 0.150. The van der Waals surface area contributed by atoms with Crippen molar-refractivity contribution in [3.63, 3.8) is 0 Å². The largest absolute Gasteiger partial charge is 0.452 e. The summed E-state index contributed by atoms with van der Waals surface area (Å²) in [6.45, 7) is 1.30. The molecule has 0 heterocycles. The lowest BCUT2D eigenvalue weighted by Crippen LogP contribution is -2.41. The summed E-state index contributed by atoms with van der Waals surface area (Å²) in [5, 5.41) is 4.35.